The summed E-state index contributed by atoms with van der Waals surface area (Å²) in [4.78, 5) is 2.53. The molecule has 3 nitrogen and oxygen atoms in total. The van der Waals surface area contributed by atoms with Crippen LogP contribution >= 0.6 is 0 Å². The molecule has 3 heteroatoms. The lowest BCUT2D eigenvalue weighted by Crippen LogP contribution is -2.42. The summed E-state index contributed by atoms with van der Waals surface area (Å²) < 4.78 is 5.71. The molecule has 2 rings (SSSR count). The highest BCUT2D eigenvalue weighted by molar-refractivity contribution is 4.85. The molecule has 0 radical (unpaired) electrons. The minimum Gasteiger partial charge on any atom is -0.396 e. The Morgan fingerprint density at radius 2 is 1.89 bits per heavy atom. The van der Waals surface area contributed by atoms with Gasteiger partial charge in [0, 0.05) is 38.3 Å². The molecule has 0 amide bonds. The van der Waals surface area contributed by atoms with E-state index >= 15 is 0 Å². The monoisotopic (exact) mass is 255 g/mol. The van der Waals surface area contributed by atoms with E-state index in [2.05, 4.69) is 11.8 Å². The zero-order chi connectivity index (χ0) is 12.8. The van der Waals surface area contributed by atoms with Gasteiger partial charge in [0.25, 0.3) is 0 Å². The quantitative estimate of drug-likeness (QED) is 0.786. The summed E-state index contributed by atoms with van der Waals surface area (Å²) in [6.45, 7) is 6.64. The number of nitrogens with zero attached hydrogens (tertiary/aromatic N) is 1. The van der Waals surface area contributed by atoms with Crippen LogP contribution in [0.1, 0.15) is 51.9 Å². The molecule has 1 unspecified atom stereocenters. The maximum Gasteiger partial charge on any atom is 0.0673 e. The van der Waals surface area contributed by atoms with Gasteiger partial charge in [-0.1, -0.05) is 25.7 Å². The van der Waals surface area contributed by atoms with Crippen LogP contribution in [0, 0.1) is 5.41 Å². The molecular weight excluding hydrogens is 226 g/mol. The third-order valence-corrected chi connectivity index (χ3v) is 4.59. The van der Waals surface area contributed by atoms with E-state index in [1.165, 1.54) is 38.5 Å². The maximum absolute atomic E-state index is 9.88. The van der Waals surface area contributed by atoms with Gasteiger partial charge in [-0.3, -0.25) is 0 Å². The third-order valence-electron chi connectivity index (χ3n) is 4.59. The van der Waals surface area contributed by atoms with Gasteiger partial charge in [0.1, 0.15) is 0 Å². The molecule has 2 aliphatic rings. The van der Waals surface area contributed by atoms with E-state index in [1.54, 1.807) is 0 Å². The third kappa shape index (κ3) is 3.94. The van der Waals surface area contributed by atoms with Crippen molar-refractivity contribution in [3.05, 3.63) is 0 Å². The van der Waals surface area contributed by atoms with Crippen LogP contribution < -0.4 is 0 Å². The Hall–Kier alpha value is -0.120. The van der Waals surface area contributed by atoms with Crippen molar-refractivity contribution in [2.45, 2.75) is 58.0 Å². The number of rotatable bonds is 3. The molecule has 0 aromatic rings. The molecule has 0 aromatic heterocycles. The largest absolute Gasteiger partial charge is 0.396 e. The lowest BCUT2D eigenvalue weighted by atomic mass is 9.80. The molecule has 106 valence electrons. The summed E-state index contributed by atoms with van der Waals surface area (Å²) in [5.41, 5.74) is 0.167. The zero-order valence-corrected chi connectivity index (χ0v) is 11.9. The Kier molecular flexibility index (Phi) is 5.46. The van der Waals surface area contributed by atoms with Crippen LogP contribution in [0.3, 0.4) is 0 Å². The van der Waals surface area contributed by atoms with E-state index in [9.17, 15) is 5.11 Å². The van der Waals surface area contributed by atoms with Gasteiger partial charge in [-0.25, -0.2) is 0 Å². The first-order chi connectivity index (χ1) is 8.74. The fourth-order valence-electron chi connectivity index (χ4n) is 3.54. The van der Waals surface area contributed by atoms with E-state index in [-0.39, 0.29) is 5.41 Å². The molecule has 0 bridgehead atoms. The number of hydrogen-bond acceptors (Lipinski definition) is 3. The Morgan fingerprint density at radius 1 is 1.17 bits per heavy atom. The molecule has 18 heavy (non-hydrogen) atoms. The summed E-state index contributed by atoms with van der Waals surface area (Å²) in [5.74, 6) is 0. The van der Waals surface area contributed by atoms with Crippen molar-refractivity contribution in [2.24, 2.45) is 5.41 Å². The van der Waals surface area contributed by atoms with Gasteiger partial charge in [-0.05, 0) is 26.2 Å². The van der Waals surface area contributed by atoms with E-state index in [1.807, 2.05) is 0 Å². The highest BCUT2D eigenvalue weighted by atomic mass is 16.5. The first-order valence-corrected chi connectivity index (χ1v) is 7.69. The normalized spacial score (nSPS) is 30.7. The van der Waals surface area contributed by atoms with Crippen LogP contribution in [0.25, 0.3) is 0 Å². The van der Waals surface area contributed by atoms with Crippen LogP contribution in [0.15, 0.2) is 0 Å². The Labute approximate surface area is 112 Å². The SMILES string of the molecule is CC1CN(CC2(CO)CCCCCC2)CCCO1. The average molecular weight is 255 g/mol. The van der Waals surface area contributed by atoms with Gasteiger partial charge < -0.3 is 14.7 Å². The van der Waals surface area contributed by atoms with E-state index < -0.39 is 0 Å². The average Bonchev–Trinajstić information content (AvgIpc) is 2.71. The Balaban J connectivity index is 1.94. The van der Waals surface area contributed by atoms with Gasteiger partial charge in [-0.2, -0.15) is 0 Å². The predicted molar refractivity (Wildman–Crippen MR) is 73.7 cm³/mol. The molecule has 1 aliphatic carbocycles. The fraction of sp³-hybridized carbons (Fsp3) is 1.00. The molecule has 0 aromatic carbocycles. The molecule has 1 heterocycles. The number of hydrogen-bond donors (Lipinski definition) is 1. The lowest BCUT2D eigenvalue weighted by Gasteiger charge is -2.36. The van der Waals surface area contributed by atoms with Crippen molar-refractivity contribution in [1.82, 2.24) is 4.90 Å². The molecule has 1 aliphatic heterocycles. The Bertz CT molecular complexity index is 237. The highest BCUT2D eigenvalue weighted by Gasteiger charge is 2.33. The van der Waals surface area contributed by atoms with Crippen LogP contribution in [-0.2, 0) is 4.74 Å². The van der Waals surface area contributed by atoms with Crippen molar-refractivity contribution in [2.75, 3.05) is 32.8 Å². The summed E-state index contributed by atoms with van der Waals surface area (Å²) in [6, 6.07) is 0. The molecule has 1 N–H and O–H groups in total. The minimum atomic E-state index is 0.167. The van der Waals surface area contributed by atoms with Crippen molar-refractivity contribution in [3.8, 4) is 0 Å². The summed E-state index contributed by atoms with van der Waals surface area (Å²) in [6.07, 6.45) is 9.16. The molecular formula is C15H29NO2. The highest BCUT2D eigenvalue weighted by Crippen LogP contribution is 2.35. The molecule has 1 saturated heterocycles. The predicted octanol–water partition coefficient (Wildman–Crippen LogP) is 2.43. The summed E-state index contributed by atoms with van der Waals surface area (Å²) >= 11 is 0. The topological polar surface area (TPSA) is 32.7 Å². The molecule has 1 atom stereocenters. The van der Waals surface area contributed by atoms with Gasteiger partial charge in [0.2, 0.25) is 0 Å². The second-order valence-corrected chi connectivity index (χ2v) is 6.34. The molecule has 2 fully saturated rings. The van der Waals surface area contributed by atoms with E-state index in [4.69, 9.17) is 4.74 Å². The summed E-state index contributed by atoms with van der Waals surface area (Å²) in [5, 5.41) is 9.88. The maximum atomic E-state index is 9.88. The minimum absolute atomic E-state index is 0.167. The standard InChI is InChI=1S/C15H29NO2/c1-14-11-16(9-6-10-18-14)12-15(13-17)7-4-2-3-5-8-15/h14,17H,2-13H2,1H3. The zero-order valence-electron chi connectivity index (χ0n) is 11.9. The van der Waals surface area contributed by atoms with Crippen LogP contribution in [0.2, 0.25) is 0 Å². The first kappa shape index (κ1) is 14.3. The summed E-state index contributed by atoms with van der Waals surface area (Å²) in [7, 11) is 0. The van der Waals surface area contributed by atoms with Gasteiger partial charge in [-0.15, -0.1) is 0 Å². The molecule has 0 spiro atoms. The second kappa shape index (κ2) is 6.88. The van der Waals surface area contributed by atoms with Gasteiger partial charge in [0.05, 0.1) is 6.10 Å². The van der Waals surface area contributed by atoms with Crippen LogP contribution in [-0.4, -0.2) is 49.0 Å². The van der Waals surface area contributed by atoms with Crippen molar-refractivity contribution in [3.63, 3.8) is 0 Å². The van der Waals surface area contributed by atoms with Crippen molar-refractivity contribution in [1.29, 1.82) is 0 Å². The Morgan fingerprint density at radius 3 is 2.56 bits per heavy atom. The van der Waals surface area contributed by atoms with Gasteiger partial charge >= 0.3 is 0 Å². The van der Waals surface area contributed by atoms with E-state index in [0.29, 0.717) is 12.7 Å². The van der Waals surface area contributed by atoms with Crippen LogP contribution in [0.5, 0.6) is 0 Å². The number of ether oxygens (including phenoxy) is 1. The van der Waals surface area contributed by atoms with Crippen molar-refractivity contribution >= 4 is 0 Å². The van der Waals surface area contributed by atoms with Crippen molar-refractivity contribution < 1.29 is 9.84 Å². The van der Waals surface area contributed by atoms with Gasteiger partial charge in [0.15, 0.2) is 0 Å². The van der Waals surface area contributed by atoms with E-state index in [0.717, 1.165) is 32.7 Å². The first-order valence-electron chi connectivity index (χ1n) is 7.69. The molecule has 1 saturated carbocycles. The second-order valence-electron chi connectivity index (χ2n) is 6.34. The lowest BCUT2D eigenvalue weighted by molar-refractivity contribution is 0.0368. The number of aliphatic hydroxyl groups is 1. The number of aliphatic hydroxyl groups excluding tert-OH is 1. The smallest absolute Gasteiger partial charge is 0.0673 e. The van der Waals surface area contributed by atoms with Crippen LogP contribution in [0.4, 0.5) is 0 Å². The fourth-order valence-corrected chi connectivity index (χ4v) is 3.54.